The second-order valence-electron chi connectivity index (χ2n) is 2.30. The Morgan fingerprint density at radius 2 is 1.77 bits per heavy atom. The molecule has 1 aromatic carbocycles. The van der Waals surface area contributed by atoms with E-state index in [4.69, 9.17) is 4.84 Å². The monoisotopic (exact) mass is 233 g/mol. The fourth-order valence-electron chi connectivity index (χ4n) is 0.849. The van der Waals surface area contributed by atoms with Gasteiger partial charge in [0.05, 0.1) is 17.8 Å². The van der Waals surface area contributed by atoms with E-state index in [0.29, 0.717) is 26.6 Å². The van der Waals surface area contributed by atoms with Gasteiger partial charge < -0.3 is 4.84 Å². The van der Waals surface area contributed by atoms with E-state index < -0.39 is 0 Å². The highest BCUT2D eigenvalue weighted by Crippen LogP contribution is 2.37. The third kappa shape index (κ3) is 3.11. The van der Waals surface area contributed by atoms with Crippen LogP contribution in [0.2, 0.25) is 0 Å². The number of para-hydroxylation sites is 1. The van der Waals surface area contributed by atoms with Gasteiger partial charge in [-0.3, -0.25) is 9.72 Å². The fraction of sp³-hybridized carbons (Fsp3) is 0. The third-order valence-electron chi connectivity index (χ3n) is 1.38. The number of hydrogen-bond acceptors (Lipinski definition) is 4. The Morgan fingerprint density at radius 3 is 2.46 bits per heavy atom. The van der Waals surface area contributed by atoms with Gasteiger partial charge in [0.15, 0.2) is 0 Å². The van der Waals surface area contributed by atoms with Gasteiger partial charge in [-0.2, -0.15) is 0 Å². The van der Waals surface area contributed by atoms with E-state index in [2.05, 4.69) is 9.72 Å². The first-order valence-corrected chi connectivity index (χ1v) is 6.64. The molecule has 0 aromatic heterocycles. The molecule has 1 fully saturated rings. The number of rotatable bonds is 2. The molecule has 4 nitrogen and oxygen atoms in total. The van der Waals surface area contributed by atoms with Gasteiger partial charge in [-0.1, -0.05) is 22.8 Å². The Morgan fingerprint density at radius 1 is 1.08 bits per heavy atom. The Kier molecular flexibility index (Phi) is 3.87. The number of nitrogens with zero attached hydrogens (tertiary/aromatic N) is 1. The molecule has 1 aliphatic rings. The van der Waals surface area contributed by atoms with E-state index in [0.717, 1.165) is 5.75 Å². The van der Waals surface area contributed by atoms with Crippen LogP contribution in [0.15, 0.2) is 30.3 Å². The molecule has 7 heteroatoms. The molecule has 0 aliphatic carbocycles. The number of benzene rings is 1. The minimum atomic E-state index is 0.542. The van der Waals surface area contributed by atoms with Gasteiger partial charge in [-0.25, -0.2) is 0 Å². The topological polar surface area (TPSA) is 36.5 Å². The summed E-state index contributed by atoms with van der Waals surface area (Å²) in [7, 11) is 1.73. The van der Waals surface area contributed by atoms with Crippen molar-refractivity contribution in [1.29, 1.82) is 0 Å². The van der Waals surface area contributed by atoms with Crippen molar-refractivity contribution in [1.82, 2.24) is 14.3 Å². The summed E-state index contributed by atoms with van der Waals surface area (Å²) in [5.74, 6) is 0.885. The maximum atomic E-state index is 5.59. The molecule has 70 valence electrons. The lowest BCUT2D eigenvalue weighted by molar-refractivity contribution is 0.146. The summed E-state index contributed by atoms with van der Waals surface area (Å²) in [5, 5.41) is 0. The van der Waals surface area contributed by atoms with Crippen molar-refractivity contribution in [2.75, 3.05) is 0 Å². The molecule has 1 aromatic rings. The maximum absolute atomic E-state index is 5.59. The smallest absolute Gasteiger partial charge is 0.148 e. The molecule has 0 spiro atoms. The van der Waals surface area contributed by atoms with Crippen molar-refractivity contribution >= 4 is 26.6 Å². The normalized spacial score (nSPS) is 24.0. The molecule has 1 saturated heterocycles. The van der Waals surface area contributed by atoms with Crippen molar-refractivity contribution < 1.29 is 4.84 Å². The molecule has 0 bridgehead atoms. The van der Waals surface area contributed by atoms with Gasteiger partial charge in [0.25, 0.3) is 0 Å². The van der Waals surface area contributed by atoms with Crippen LogP contribution in [0.25, 0.3) is 0 Å². The van der Waals surface area contributed by atoms with E-state index in [1.54, 1.807) is 0 Å². The first-order valence-electron chi connectivity index (χ1n) is 3.74. The second kappa shape index (κ2) is 5.17. The average Bonchev–Trinajstić information content (AvgIpc) is 2.21. The van der Waals surface area contributed by atoms with Crippen LogP contribution in [0.5, 0.6) is 5.75 Å². The number of hydrogen-bond donors (Lipinski definition) is 2. The van der Waals surface area contributed by atoms with E-state index >= 15 is 0 Å². The quantitative estimate of drug-likeness (QED) is 0.766. The van der Waals surface area contributed by atoms with Gasteiger partial charge >= 0.3 is 0 Å². The highest BCUT2D eigenvalue weighted by atomic mass is 31.2. The third-order valence-corrected chi connectivity index (χ3v) is 4.53. The van der Waals surface area contributed by atoms with E-state index in [1.165, 1.54) is 0 Å². The molecule has 2 atom stereocenters. The Labute approximate surface area is 82.4 Å². The highest BCUT2D eigenvalue weighted by Gasteiger charge is 2.10. The van der Waals surface area contributed by atoms with Crippen molar-refractivity contribution in [2.24, 2.45) is 0 Å². The lowest BCUT2D eigenvalue weighted by Gasteiger charge is -2.26. The predicted molar refractivity (Wildman–Crippen MR) is 60.1 cm³/mol. The van der Waals surface area contributed by atoms with Crippen LogP contribution in [0.4, 0.5) is 0 Å². The van der Waals surface area contributed by atoms with Crippen LogP contribution in [0.3, 0.4) is 0 Å². The number of nitrogens with one attached hydrogen (secondary N) is 2. The van der Waals surface area contributed by atoms with Crippen molar-refractivity contribution in [3.8, 4) is 5.75 Å². The zero-order chi connectivity index (χ0) is 8.93. The summed E-state index contributed by atoms with van der Waals surface area (Å²) in [6.07, 6.45) is 0. The van der Waals surface area contributed by atoms with E-state index in [9.17, 15) is 0 Å². The van der Waals surface area contributed by atoms with Crippen LogP contribution in [0, 0.1) is 0 Å². The lowest BCUT2D eigenvalue weighted by Crippen LogP contribution is -2.19. The molecule has 13 heavy (non-hydrogen) atoms. The molecule has 1 heterocycles. The van der Waals surface area contributed by atoms with Gasteiger partial charge in [-0.15, -0.1) is 0 Å². The summed E-state index contributed by atoms with van der Waals surface area (Å²) in [5.41, 5.74) is 0. The standard InChI is InChI=1S/C6H10N3OP3/c1-2-4-6(5-3-1)10-9-12-7-11-8-13-9/h1-5,7-8,11-13H. The largest absolute Gasteiger partial charge is 0.397 e. The van der Waals surface area contributed by atoms with Gasteiger partial charge in [0.1, 0.15) is 5.75 Å². The molecule has 1 aliphatic heterocycles. The summed E-state index contributed by atoms with van der Waals surface area (Å²) in [6, 6.07) is 9.81. The lowest BCUT2D eigenvalue weighted by atomic mass is 10.3. The van der Waals surface area contributed by atoms with Gasteiger partial charge in [0.2, 0.25) is 0 Å². The van der Waals surface area contributed by atoms with Gasteiger partial charge in [0, 0.05) is 8.88 Å². The first kappa shape index (κ1) is 9.73. The van der Waals surface area contributed by atoms with Crippen LogP contribution in [0.1, 0.15) is 0 Å². The molecule has 0 saturated carbocycles. The fourth-order valence-corrected chi connectivity index (χ4v) is 4.45. The molecular weight excluding hydrogens is 223 g/mol. The molecule has 2 rings (SSSR count). The molecule has 2 unspecified atom stereocenters. The summed E-state index contributed by atoms with van der Waals surface area (Å²) >= 11 is 0. The zero-order valence-electron chi connectivity index (χ0n) is 6.74. The first-order chi connectivity index (χ1) is 6.45. The van der Waals surface area contributed by atoms with Crippen LogP contribution >= 0.6 is 26.6 Å². The van der Waals surface area contributed by atoms with Gasteiger partial charge in [-0.05, 0) is 12.1 Å². The van der Waals surface area contributed by atoms with E-state index in [-0.39, 0.29) is 0 Å². The Balaban J connectivity index is 1.90. The summed E-state index contributed by atoms with van der Waals surface area (Å²) in [4.78, 5) is 12.0. The summed E-state index contributed by atoms with van der Waals surface area (Å²) < 4.78 is 1.89. The molecule has 0 amide bonds. The minimum Gasteiger partial charge on any atom is -0.397 e. The summed E-state index contributed by atoms with van der Waals surface area (Å²) in [6.45, 7) is 0. The van der Waals surface area contributed by atoms with Crippen molar-refractivity contribution in [2.45, 2.75) is 0 Å². The van der Waals surface area contributed by atoms with E-state index in [1.807, 2.05) is 34.9 Å². The second-order valence-corrected chi connectivity index (χ2v) is 6.25. The van der Waals surface area contributed by atoms with Crippen LogP contribution in [-0.4, -0.2) is 4.60 Å². The Hall–Kier alpha value is 0.190. The SMILES string of the molecule is c1ccc(ON2PNPNP2)cc1. The van der Waals surface area contributed by atoms with Crippen LogP contribution < -0.4 is 14.6 Å². The molecule has 2 N–H and O–H groups in total. The van der Waals surface area contributed by atoms with Crippen molar-refractivity contribution in [3.05, 3.63) is 30.3 Å². The molecule has 0 radical (unpaired) electrons. The maximum Gasteiger partial charge on any atom is 0.148 e. The van der Waals surface area contributed by atoms with Crippen LogP contribution in [-0.2, 0) is 0 Å². The molecular formula is C6H10N3OP3. The predicted octanol–water partition coefficient (Wildman–Crippen LogP) is 2.00. The minimum absolute atomic E-state index is 0.542. The average molecular weight is 233 g/mol. The van der Waals surface area contributed by atoms with Crippen molar-refractivity contribution in [3.63, 3.8) is 0 Å². The highest BCUT2D eigenvalue weighted by molar-refractivity contribution is 7.65. The zero-order valence-corrected chi connectivity index (χ0v) is 9.74. The Bertz CT molecular complexity index is 255.